The second kappa shape index (κ2) is 11.5. The number of pyridine rings is 1. The van der Waals surface area contributed by atoms with Crippen molar-refractivity contribution in [2.45, 2.75) is 36.8 Å². The minimum absolute atomic E-state index is 0.189. The molecule has 0 bridgehead atoms. The summed E-state index contributed by atoms with van der Waals surface area (Å²) in [5.74, 6) is 0. The maximum absolute atomic E-state index is 10.0. The van der Waals surface area contributed by atoms with Gasteiger partial charge in [-0.05, 0) is 48.2 Å². The monoisotopic (exact) mass is 581 g/mol. The van der Waals surface area contributed by atoms with Crippen molar-refractivity contribution in [1.29, 1.82) is 15.8 Å². The molecule has 43 heavy (non-hydrogen) atoms. The summed E-state index contributed by atoms with van der Waals surface area (Å²) in [7, 11) is 1.99. The van der Waals surface area contributed by atoms with E-state index in [2.05, 4.69) is 44.1 Å². The van der Waals surface area contributed by atoms with Crippen LogP contribution in [0.25, 0.3) is 10.9 Å². The molecule has 2 unspecified atom stereocenters. The van der Waals surface area contributed by atoms with Crippen LogP contribution in [0.5, 0.6) is 0 Å². The molecule has 0 amide bonds. The van der Waals surface area contributed by atoms with Gasteiger partial charge in [-0.1, -0.05) is 59.3 Å². The molecular formula is C32H25BClN9. The molecule has 2 heterocycles. The van der Waals surface area contributed by atoms with Crippen LogP contribution in [0.15, 0.2) is 79.1 Å². The summed E-state index contributed by atoms with van der Waals surface area (Å²) < 4.78 is 1.89. The van der Waals surface area contributed by atoms with E-state index in [-0.39, 0.29) is 12.5 Å². The van der Waals surface area contributed by atoms with E-state index in [0.29, 0.717) is 50.2 Å². The first-order valence-corrected chi connectivity index (χ1v) is 14.2. The first kappa shape index (κ1) is 27.8. The number of anilines is 2. The number of nitrogens with zero attached hydrogens (tertiary/aromatic N) is 7. The third-order valence-corrected chi connectivity index (χ3v) is 8.06. The van der Waals surface area contributed by atoms with Crippen molar-refractivity contribution in [2.75, 3.05) is 10.6 Å². The number of hydrogen-bond acceptors (Lipinski definition) is 8. The van der Waals surface area contributed by atoms with Crippen LogP contribution in [0.4, 0.5) is 11.4 Å². The number of benzene rings is 3. The lowest BCUT2D eigenvalue weighted by Crippen LogP contribution is -2.38. The summed E-state index contributed by atoms with van der Waals surface area (Å²) in [6, 6.07) is 27.4. The molecule has 1 aliphatic carbocycles. The van der Waals surface area contributed by atoms with E-state index < -0.39 is 5.44 Å². The SMILES string of the molecule is BC(Nc1cc(Cl)c2ncc(C#N)c(NC(CC#N)c3ccccc3)c2c1)(c1cccc(C#N)c1)c1cn(C2CC2)nn1. The highest BCUT2D eigenvalue weighted by Gasteiger charge is 2.35. The number of fused-ring (bicyclic) bond motifs is 1. The highest BCUT2D eigenvalue weighted by molar-refractivity contribution is 6.36. The Morgan fingerprint density at radius 2 is 1.86 bits per heavy atom. The minimum Gasteiger partial charge on any atom is -0.378 e. The summed E-state index contributed by atoms with van der Waals surface area (Å²) in [5.41, 5.74) is 4.10. The Morgan fingerprint density at radius 1 is 1.05 bits per heavy atom. The molecular weight excluding hydrogens is 557 g/mol. The van der Waals surface area contributed by atoms with E-state index in [1.807, 2.05) is 73.3 Å². The first-order valence-electron chi connectivity index (χ1n) is 13.9. The average Bonchev–Trinajstić information content (AvgIpc) is 3.76. The van der Waals surface area contributed by atoms with E-state index in [4.69, 9.17) is 11.6 Å². The Labute approximate surface area is 254 Å². The van der Waals surface area contributed by atoms with Gasteiger partial charge in [0.25, 0.3) is 0 Å². The topological polar surface area (TPSA) is 139 Å². The van der Waals surface area contributed by atoms with Gasteiger partial charge in [-0.2, -0.15) is 15.8 Å². The van der Waals surface area contributed by atoms with Crippen molar-refractivity contribution < 1.29 is 0 Å². The van der Waals surface area contributed by atoms with Gasteiger partial charge in [-0.25, -0.2) is 4.68 Å². The van der Waals surface area contributed by atoms with Crippen molar-refractivity contribution in [1.82, 2.24) is 20.0 Å². The van der Waals surface area contributed by atoms with Crippen LogP contribution in [0, 0.1) is 34.0 Å². The molecule has 2 N–H and O–H groups in total. The Balaban J connectivity index is 1.48. The van der Waals surface area contributed by atoms with Crippen molar-refractivity contribution in [2.24, 2.45) is 0 Å². The van der Waals surface area contributed by atoms with Crippen molar-refractivity contribution in [3.63, 3.8) is 0 Å². The molecule has 0 aliphatic heterocycles. The smallest absolute Gasteiger partial charge is 0.148 e. The lowest BCUT2D eigenvalue weighted by Gasteiger charge is -2.31. The molecule has 3 aromatic carbocycles. The van der Waals surface area contributed by atoms with E-state index in [1.54, 1.807) is 12.1 Å². The Morgan fingerprint density at radius 3 is 2.58 bits per heavy atom. The predicted octanol–water partition coefficient (Wildman–Crippen LogP) is 5.57. The minimum atomic E-state index is -0.891. The van der Waals surface area contributed by atoms with Crippen molar-refractivity contribution in [3.8, 4) is 18.2 Å². The Bertz CT molecular complexity index is 1950. The molecule has 208 valence electrons. The zero-order chi connectivity index (χ0) is 30.0. The molecule has 1 fully saturated rings. The number of halogens is 1. The second-order valence-electron chi connectivity index (χ2n) is 10.7. The first-order chi connectivity index (χ1) is 20.9. The third-order valence-electron chi connectivity index (χ3n) is 7.77. The van der Waals surface area contributed by atoms with Gasteiger partial charge < -0.3 is 10.6 Å². The third kappa shape index (κ3) is 5.47. The molecule has 0 spiro atoms. The number of nitriles is 3. The Hall–Kier alpha value is -5.37. The fourth-order valence-electron chi connectivity index (χ4n) is 5.27. The molecule has 5 aromatic rings. The number of aromatic nitrogens is 4. The van der Waals surface area contributed by atoms with Gasteiger partial charge in [0.15, 0.2) is 0 Å². The lowest BCUT2D eigenvalue weighted by molar-refractivity contribution is 0.610. The summed E-state index contributed by atoms with van der Waals surface area (Å²) in [5, 5.41) is 46.2. The van der Waals surface area contributed by atoms with Gasteiger partial charge in [0, 0.05) is 17.3 Å². The molecule has 6 rings (SSSR count). The maximum atomic E-state index is 10.0. The molecule has 11 heteroatoms. The van der Waals surface area contributed by atoms with E-state index in [1.165, 1.54) is 6.20 Å². The molecule has 1 aliphatic rings. The molecule has 2 aromatic heterocycles. The zero-order valence-corrected chi connectivity index (χ0v) is 24.0. The number of nitrogens with one attached hydrogen (secondary N) is 2. The highest BCUT2D eigenvalue weighted by Crippen LogP contribution is 2.39. The summed E-state index contributed by atoms with van der Waals surface area (Å²) >= 11 is 6.83. The molecule has 9 nitrogen and oxygen atoms in total. The van der Waals surface area contributed by atoms with Gasteiger partial charge in [0.1, 0.15) is 19.6 Å². The van der Waals surface area contributed by atoms with E-state index in [9.17, 15) is 15.8 Å². The molecule has 1 saturated carbocycles. The van der Waals surface area contributed by atoms with Gasteiger partial charge in [-0.3, -0.25) is 4.98 Å². The van der Waals surface area contributed by atoms with Crippen LogP contribution in [0.2, 0.25) is 5.02 Å². The second-order valence-corrected chi connectivity index (χ2v) is 11.1. The van der Waals surface area contributed by atoms with Crippen LogP contribution in [0.1, 0.15) is 59.3 Å². The van der Waals surface area contributed by atoms with Crippen molar-refractivity contribution >= 4 is 41.7 Å². The largest absolute Gasteiger partial charge is 0.378 e. The van der Waals surface area contributed by atoms with Gasteiger partial charge in [-0.15, -0.1) is 5.10 Å². The van der Waals surface area contributed by atoms with Gasteiger partial charge in [0.05, 0.1) is 69.6 Å². The summed E-state index contributed by atoms with van der Waals surface area (Å²) in [4.78, 5) is 4.50. The zero-order valence-electron chi connectivity index (χ0n) is 23.3. The van der Waals surface area contributed by atoms with Crippen LogP contribution in [-0.4, -0.2) is 27.8 Å². The molecule has 0 saturated heterocycles. The summed E-state index contributed by atoms with van der Waals surface area (Å²) in [6.07, 6.45) is 5.76. The fourth-order valence-corrected chi connectivity index (χ4v) is 5.54. The van der Waals surface area contributed by atoms with Crippen LogP contribution in [0.3, 0.4) is 0 Å². The number of rotatable bonds is 9. The summed E-state index contributed by atoms with van der Waals surface area (Å²) in [6.45, 7) is 0. The standard InChI is InChI=1S/C32H25BClN9/c33-32(23-8-4-5-20(13-23)16-36,29-19-43(42-41-29)25-9-10-25)40-24-14-26-30(22(17-37)18-38-31(26)27(34)15-24)39-28(11-12-35)21-6-2-1-3-7-21/h1-8,13-15,18-19,25,28,40H,9-11,33H2,(H,38,39). The highest BCUT2D eigenvalue weighted by atomic mass is 35.5. The number of hydrogen-bond donors (Lipinski definition) is 2. The quantitative estimate of drug-likeness (QED) is 0.215. The molecule has 0 radical (unpaired) electrons. The maximum Gasteiger partial charge on any atom is 0.148 e. The van der Waals surface area contributed by atoms with Gasteiger partial charge >= 0.3 is 0 Å². The predicted molar refractivity (Wildman–Crippen MR) is 167 cm³/mol. The van der Waals surface area contributed by atoms with Gasteiger partial charge in [0.2, 0.25) is 0 Å². The Kier molecular flexibility index (Phi) is 7.42. The van der Waals surface area contributed by atoms with E-state index in [0.717, 1.165) is 24.0 Å². The van der Waals surface area contributed by atoms with Crippen molar-refractivity contribution in [3.05, 3.63) is 112 Å². The lowest BCUT2D eigenvalue weighted by atomic mass is 9.69. The normalized spacial score (nSPS) is 14.6. The average molecular weight is 582 g/mol. The fraction of sp³-hybridized carbons (Fsp3) is 0.188. The van der Waals surface area contributed by atoms with Crippen LogP contribution in [-0.2, 0) is 5.44 Å². The van der Waals surface area contributed by atoms with Crippen LogP contribution < -0.4 is 10.6 Å². The molecule has 2 atom stereocenters. The van der Waals surface area contributed by atoms with Crippen LogP contribution >= 0.6 is 11.6 Å². The van der Waals surface area contributed by atoms with E-state index >= 15 is 0 Å².